The van der Waals surface area contributed by atoms with Crippen LogP contribution in [0.5, 0.6) is 0 Å². The van der Waals surface area contributed by atoms with Crippen LogP contribution >= 0.6 is 0 Å². The van der Waals surface area contributed by atoms with Crippen LogP contribution in [0.15, 0.2) is 0 Å². The van der Waals surface area contributed by atoms with E-state index < -0.39 is 0 Å². The van der Waals surface area contributed by atoms with Crippen molar-refractivity contribution in [3.05, 3.63) is 0 Å². The molecule has 0 aliphatic carbocycles. The Morgan fingerprint density at radius 1 is 1.07 bits per heavy atom. The Morgan fingerprint density at radius 2 is 1.57 bits per heavy atom. The number of carbonyl (C=O) groups is 2. The molecule has 0 aliphatic rings. The molecular weight excluding hydrogens is 180 g/mol. The molecule has 0 spiro atoms. The Hall–Kier alpha value is -1.06. The van der Waals surface area contributed by atoms with Crippen LogP contribution in [0.2, 0.25) is 0 Å². The second kappa shape index (κ2) is 7.35. The lowest BCUT2D eigenvalue weighted by molar-refractivity contribution is -0.126. The lowest BCUT2D eigenvalue weighted by Gasteiger charge is -2.14. The van der Waals surface area contributed by atoms with E-state index in [1.165, 1.54) is 0 Å². The molecule has 0 rings (SSSR count). The van der Waals surface area contributed by atoms with Gasteiger partial charge in [0.2, 0.25) is 11.8 Å². The Balaban J connectivity index is 3.69. The molecular formula is C10H20N2O2. The fourth-order valence-corrected chi connectivity index (χ4v) is 1.14. The van der Waals surface area contributed by atoms with Gasteiger partial charge in [-0.3, -0.25) is 9.59 Å². The fraction of sp³-hybridized carbons (Fsp3) is 0.800. The number of hydrogen-bond acceptors (Lipinski definition) is 2. The van der Waals surface area contributed by atoms with Crippen LogP contribution < -0.4 is 10.6 Å². The predicted molar refractivity (Wildman–Crippen MR) is 55.8 cm³/mol. The first-order valence-electron chi connectivity index (χ1n) is 5.13. The third-order valence-corrected chi connectivity index (χ3v) is 2.21. The summed E-state index contributed by atoms with van der Waals surface area (Å²) >= 11 is 0. The summed E-state index contributed by atoms with van der Waals surface area (Å²) in [6.45, 7) is 4.07. The molecule has 2 N–H and O–H groups in total. The SMILES string of the molecule is CCC(CC)NC(=O)CCC(=O)NC. The van der Waals surface area contributed by atoms with E-state index >= 15 is 0 Å². The van der Waals surface area contributed by atoms with Crippen LogP contribution in [-0.2, 0) is 9.59 Å². The van der Waals surface area contributed by atoms with Crippen molar-refractivity contribution in [2.45, 2.75) is 45.6 Å². The molecule has 0 aliphatic heterocycles. The van der Waals surface area contributed by atoms with E-state index in [4.69, 9.17) is 0 Å². The fourth-order valence-electron chi connectivity index (χ4n) is 1.14. The van der Waals surface area contributed by atoms with E-state index in [1.54, 1.807) is 7.05 Å². The molecule has 0 aromatic carbocycles. The second-order valence-electron chi connectivity index (χ2n) is 3.25. The molecule has 0 saturated carbocycles. The van der Waals surface area contributed by atoms with Crippen molar-refractivity contribution in [1.82, 2.24) is 10.6 Å². The van der Waals surface area contributed by atoms with Gasteiger partial charge in [-0.2, -0.15) is 0 Å². The van der Waals surface area contributed by atoms with Crippen molar-refractivity contribution in [2.75, 3.05) is 7.05 Å². The van der Waals surface area contributed by atoms with Crippen molar-refractivity contribution < 1.29 is 9.59 Å². The van der Waals surface area contributed by atoms with Crippen LogP contribution in [0.3, 0.4) is 0 Å². The first kappa shape index (κ1) is 12.9. The first-order valence-corrected chi connectivity index (χ1v) is 5.13. The van der Waals surface area contributed by atoms with Crippen molar-refractivity contribution in [2.24, 2.45) is 0 Å². The highest BCUT2D eigenvalue weighted by atomic mass is 16.2. The third kappa shape index (κ3) is 5.56. The van der Waals surface area contributed by atoms with Gasteiger partial charge >= 0.3 is 0 Å². The van der Waals surface area contributed by atoms with E-state index in [9.17, 15) is 9.59 Å². The molecule has 4 nitrogen and oxygen atoms in total. The Morgan fingerprint density at radius 3 is 2.00 bits per heavy atom. The summed E-state index contributed by atoms with van der Waals surface area (Å²) in [5, 5.41) is 5.36. The van der Waals surface area contributed by atoms with Gasteiger partial charge in [0.25, 0.3) is 0 Å². The van der Waals surface area contributed by atoms with E-state index in [1.807, 2.05) is 13.8 Å². The number of carbonyl (C=O) groups excluding carboxylic acids is 2. The summed E-state index contributed by atoms with van der Waals surface area (Å²) in [7, 11) is 1.57. The minimum absolute atomic E-state index is 0.0395. The zero-order valence-electron chi connectivity index (χ0n) is 9.22. The second-order valence-corrected chi connectivity index (χ2v) is 3.25. The van der Waals surface area contributed by atoms with Crippen LogP contribution in [0, 0.1) is 0 Å². The van der Waals surface area contributed by atoms with Crippen molar-refractivity contribution in [3.63, 3.8) is 0 Å². The lowest BCUT2D eigenvalue weighted by Crippen LogP contribution is -2.34. The molecule has 14 heavy (non-hydrogen) atoms. The van der Waals surface area contributed by atoms with Gasteiger partial charge in [0.05, 0.1) is 0 Å². The third-order valence-electron chi connectivity index (χ3n) is 2.21. The quantitative estimate of drug-likeness (QED) is 0.667. The monoisotopic (exact) mass is 200 g/mol. The van der Waals surface area contributed by atoms with Gasteiger partial charge in [-0.15, -0.1) is 0 Å². The maximum Gasteiger partial charge on any atom is 0.220 e. The summed E-state index contributed by atoms with van der Waals surface area (Å²) in [6.07, 6.45) is 2.41. The van der Waals surface area contributed by atoms with Gasteiger partial charge in [-0.05, 0) is 12.8 Å². The highest BCUT2D eigenvalue weighted by Crippen LogP contribution is 1.97. The van der Waals surface area contributed by atoms with E-state index in [0.29, 0.717) is 0 Å². The maximum absolute atomic E-state index is 11.3. The smallest absolute Gasteiger partial charge is 0.220 e. The maximum atomic E-state index is 11.3. The van der Waals surface area contributed by atoms with Gasteiger partial charge in [-0.25, -0.2) is 0 Å². The van der Waals surface area contributed by atoms with Gasteiger partial charge in [0, 0.05) is 25.9 Å². The van der Waals surface area contributed by atoms with Crippen molar-refractivity contribution >= 4 is 11.8 Å². The standard InChI is InChI=1S/C10H20N2O2/c1-4-8(5-2)12-10(14)7-6-9(13)11-3/h8H,4-7H2,1-3H3,(H,11,13)(H,12,14). The normalized spacial score (nSPS) is 10.0. The largest absolute Gasteiger partial charge is 0.359 e. The van der Waals surface area contributed by atoms with Crippen LogP contribution in [-0.4, -0.2) is 24.9 Å². The molecule has 0 aromatic rings. The topological polar surface area (TPSA) is 58.2 Å². The number of hydrogen-bond donors (Lipinski definition) is 2. The number of amides is 2. The molecule has 2 amide bonds. The zero-order valence-corrected chi connectivity index (χ0v) is 9.22. The minimum atomic E-state index is -0.0929. The molecule has 0 fully saturated rings. The highest BCUT2D eigenvalue weighted by molar-refractivity contribution is 5.83. The van der Waals surface area contributed by atoms with Crippen LogP contribution in [0.1, 0.15) is 39.5 Å². The average Bonchev–Trinajstić information content (AvgIpc) is 2.22. The van der Waals surface area contributed by atoms with Crippen molar-refractivity contribution in [3.8, 4) is 0 Å². The predicted octanol–water partition coefficient (Wildman–Crippen LogP) is 0.817. The Labute approximate surface area is 85.4 Å². The number of nitrogens with one attached hydrogen (secondary N) is 2. The first-order chi connectivity index (χ1) is 6.63. The van der Waals surface area contributed by atoms with E-state index in [-0.39, 0.29) is 30.7 Å². The minimum Gasteiger partial charge on any atom is -0.359 e. The number of rotatable bonds is 6. The molecule has 0 unspecified atom stereocenters. The van der Waals surface area contributed by atoms with Gasteiger partial charge in [0.15, 0.2) is 0 Å². The molecule has 82 valence electrons. The summed E-state index contributed by atoms with van der Waals surface area (Å²) in [5.41, 5.74) is 0. The Kier molecular flexibility index (Phi) is 6.80. The molecule has 0 atom stereocenters. The van der Waals surface area contributed by atoms with E-state index in [0.717, 1.165) is 12.8 Å². The van der Waals surface area contributed by atoms with E-state index in [2.05, 4.69) is 10.6 Å². The zero-order chi connectivity index (χ0) is 11.0. The average molecular weight is 200 g/mol. The molecule has 0 aromatic heterocycles. The molecule has 0 radical (unpaired) electrons. The Bertz CT molecular complexity index is 189. The van der Waals surface area contributed by atoms with Crippen LogP contribution in [0.25, 0.3) is 0 Å². The summed E-state index contributed by atoms with van der Waals surface area (Å²) in [5.74, 6) is -0.132. The van der Waals surface area contributed by atoms with Crippen molar-refractivity contribution in [1.29, 1.82) is 0 Å². The van der Waals surface area contributed by atoms with Gasteiger partial charge in [0.1, 0.15) is 0 Å². The molecule has 0 heterocycles. The molecule has 0 saturated heterocycles. The van der Waals surface area contributed by atoms with Gasteiger partial charge < -0.3 is 10.6 Å². The summed E-state index contributed by atoms with van der Waals surface area (Å²) in [4.78, 5) is 22.2. The van der Waals surface area contributed by atoms with Gasteiger partial charge in [-0.1, -0.05) is 13.8 Å². The van der Waals surface area contributed by atoms with Crippen LogP contribution in [0.4, 0.5) is 0 Å². The summed E-state index contributed by atoms with van der Waals surface area (Å²) < 4.78 is 0. The molecule has 0 bridgehead atoms. The summed E-state index contributed by atoms with van der Waals surface area (Å²) in [6, 6.07) is 0.243. The molecule has 4 heteroatoms. The lowest BCUT2D eigenvalue weighted by atomic mass is 10.1. The highest BCUT2D eigenvalue weighted by Gasteiger charge is 2.09.